The van der Waals surface area contributed by atoms with E-state index in [1.165, 1.54) is 0 Å². The molecule has 0 aromatic rings. The van der Waals surface area contributed by atoms with Crippen LogP contribution in [-0.2, 0) is 4.12 Å². The summed E-state index contributed by atoms with van der Waals surface area (Å²) in [5, 5.41) is 0. The molecule has 0 heterocycles. The van der Waals surface area contributed by atoms with Crippen LogP contribution in [0.5, 0.6) is 0 Å². The second kappa shape index (κ2) is 2.62. The van der Waals surface area contributed by atoms with Crippen LogP contribution < -0.4 is 0 Å². The van der Waals surface area contributed by atoms with Gasteiger partial charge in [-0.3, -0.25) is 0 Å². The van der Waals surface area contributed by atoms with E-state index in [1.54, 1.807) is 0 Å². The van der Waals surface area contributed by atoms with E-state index >= 15 is 0 Å². The van der Waals surface area contributed by atoms with E-state index in [-0.39, 0.29) is 1.43 Å². The van der Waals surface area contributed by atoms with Crippen molar-refractivity contribution in [1.29, 1.82) is 0 Å². The van der Waals surface area contributed by atoms with Gasteiger partial charge in [-0.05, 0) is 13.1 Å². The van der Waals surface area contributed by atoms with E-state index < -0.39 is 9.04 Å². The van der Waals surface area contributed by atoms with Gasteiger partial charge in [0.25, 0.3) is 0 Å². The molecule has 0 spiro atoms. The Bertz CT molecular complexity index is 25.5. The first-order chi connectivity index (χ1) is 2.27. The predicted octanol–water partition coefficient (Wildman–Crippen LogP) is -0.621. The molecule has 0 radical (unpaired) electrons. The van der Waals surface area contributed by atoms with Crippen LogP contribution in [0.1, 0.15) is 1.43 Å². The average Bonchev–Trinajstić information content (AvgIpc) is 1.38. The van der Waals surface area contributed by atoms with Crippen molar-refractivity contribution in [3.63, 3.8) is 0 Å². The molecule has 0 bridgehead atoms. The monoisotopic (exact) mass is 107 g/mol. The molecule has 0 atom stereocenters. The van der Waals surface area contributed by atoms with Crippen molar-refractivity contribution >= 4 is 19.5 Å². The largest absolute Gasteiger partial charge is 1.00 e. The van der Waals surface area contributed by atoms with E-state index in [0.717, 1.165) is 10.5 Å². The van der Waals surface area contributed by atoms with E-state index in [1.807, 2.05) is 0 Å². The lowest BCUT2D eigenvalue weighted by Gasteiger charge is -1.93. The Labute approximate surface area is 39.1 Å². The molecule has 0 amide bonds. The SMILES string of the molecule is C[SiH](C)O[SiH3].[H+]. The summed E-state index contributed by atoms with van der Waals surface area (Å²) >= 11 is 0. The fourth-order valence-electron chi connectivity index (χ4n) is 0. The van der Waals surface area contributed by atoms with E-state index in [4.69, 9.17) is 4.12 Å². The summed E-state index contributed by atoms with van der Waals surface area (Å²) in [5.74, 6) is 0. The first-order valence-electron chi connectivity index (χ1n) is 1.80. The quantitative estimate of drug-likeness (QED) is 0.406. The minimum atomic E-state index is -0.588. The van der Waals surface area contributed by atoms with Crippen molar-refractivity contribution in [2.75, 3.05) is 0 Å². The van der Waals surface area contributed by atoms with Crippen molar-refractivity contribution in [3.05, 3.63) is 0 Å². The molecule has 0 saturated heterocycles. The first-order valence-corrected chi connectivity index (χ1v) is 5.40. The number of hydrogen-bond donors (Lipinski definition) is 0. The van der Waals surface area contributed by atoms with Gasteiger partial charge in [0.05, 0.1) is 0 Å². The average molecular weight is 107 g/mol. The van der Waals surface area contributed by atoms with Crippen molar-refractivity contribution in [2.45, 2.75) is 13.1 Å². The van der Waals surface area contributed by atoms with Crippen LogP contribution in [0, 0.1) is 0 Å². The molecule has 0 fully saturated rings. The predicted molar refractivity (Wildman–Crippen MR) is 31.0 cm³/mol. The number of rotatable bonds is 1. The van der Waals surface area contributed by atoms with E-state index in [9.17, 15) is 0 Å². The molecule has 0 aromatic carbocycles. The molecule has 0 N–H and O–H groups in total. The molecule has 3 heteroatoms. The van der Waals surface area contributed by atoms with Crippen LogP contribution in [0.2, 0.25) is 13.1 Å². The van der Waals surface area contributed by atoms with Gasteiger partial charge in [0, 0.05) is 0 Å². The van der Waals surface area contributed by atoms with E-state index in [2.05, 4.69) is 13.1 Å². The number of hydrogen-bond acceptors (Lipinski definition) is 1. The third-order valence-electron chi connectivity index (χ3n) is 0.471. The zero-order valence-electron chi connectivity index (χ0n) is 4.99. The van der Waals surface area contributed by atoms with Crippen LogP contribution in [0.25, 0.3) is 0 Å². The minimum Gasteiger partial charge on any atom is -0.466 e. The normalized spacial score (nSPS) is 10.2. The van der Waals surface area contributed by atoms with Gasteiger partial charge in [-0.25, -0.2) is 0 Å². The highest BCUT2D eigenvalue weighted by Gasteiger charge is 1.82. The highest BCUT2D eigenvalue weighted by molar-refractivity contribution is 6.52. The topological polar surface area (TPSA) is 9.23 Å². The molecular formula is C2H11OSi2+. The minimum absolute atomic E-state index is 0. The smallest absolute Gasteiger partial charge is 0.466 e. The van der Waals surface area contributed by atoms with Crippen molar-refractivity contribution in [2.24, 2.45) is 0 Å². The van der Waals surface area contributed by atoms with E-state index in [0.29, 0.717) is 0 Å². The van der Waals surface area contributed by atoms with Crippen LogP contribution in [0.15, 0.2) is 0 Å². The summed E-state index contributed by atoms with van der Waals surface area (Å²) in [6.07, 6.45) is 0. The first kappa shape index (κ1) is 5.39. The van der Waals surface area contributed by atoms with Crippen molar-refractivity contribution in [1.82, 2.24) is 0 Å². The van der Waals surface area contributed by atoms with Crippen LogP contribution in [0.4, 0.5) is 0 Å². The molecule has 0 aliphatic carbocycles. The molecule has 0 aliphatic heterocycles. The van der Waals surface area contributed by atoms with Crippen molar-refractivity contribution < 1.29 is 5.54 Å². The molecule has 5 heavy (non-hydrogen) atoms. The van der Waals surface area contributed by atoms with Gasteiger partial charge in [-0.2, -0.15) is 0 Å². The zero-order chi connectivity index (χ0) is 4.28. The van der Waals surface area contributed by atoms with Crippen LogP contribution in [0.3, 0.4) is 0 Å². The van der Waals surface area contributed by atoms with Gasteiger partial charge in [0.15, 0.2) is 9.04 Å². The van der Waals surface area contributed by atoms with Gasteiger partial charge in [0.1, 0.15) is 10.5 Å². The third-order valence-corrected chi connectivity index (χ3v) is 4.24. The van der Waals surface area contributed by atoms with Gasteiger partial charge < -0.3 is 4.12 Å². The molecule has 1 nitrogen and oxygen atoms in total. The fraction of sp³-hybridized carbons (Fsp3) is 1.00. The fourth-order valence-corrected chi connectivity index (χ4v) is 0. The maximum Gasteiger partial charge on any atom is 1.00 e. The van der Waals surface area contributed by atoms with Crippen LogP contribution >= 0.6 is 0 Å². The van der Waals surface area contributed by atoms with Gasteiger partial charge >= 0.3 is 1.43 Å². The molecule has 0 rings (SSSR count). The Balaban J connectivity index is 0. The molecule has 0 saturated carbocycles. The Morgan fingerprint density at radius 1 is 1.80 bits per heavy atom. The lowest BCUT2D eigenvalue weighted by atomic mass is 11.9. The summed E-state index contributed by atoms with van der Waals surface area (Å²) in [7, 11) is 0.347. The summed E-state index contributed by atoms with van der Waals surface area (Å²) in [6.45, 7) is 4.35. The lowest BCUT2D eigenvalue weighted by Crippen LogP contribution is -2.02. The second-order valence-corrected chi connectivity index (χ2v) is 5.27. The van der Waals surface area contributed by atoms with Gasteiger partial charge in [0.2, 0.25) is 0 Å². The van der Waals surface area contributed by atoms with Gasteiger partial charge in [-0.1, -0.05) is 0 Å². The lowest BCUT2D eigenvalue weighted by molar-refractivity contribution is 0.647. The summed E-state index contributed by atoms with van der Waals surface area (Å²) < 4.78 is 5.03. The zero-order valence-corrected chi connectivity index (χ0v) is 7.14. The second-order valence-electron chi connectivity index (χ2n) is 1.28. The molecule has 32 valence electrons. The standard InChI is InChI=1S/C2H10OSi2/c1-5(2)3-4/h5H,1-2,4H3/p+1. The van der Waals surface area contributed by atoms with Gasteiger partial charge in [-0.15, -0.1) is 0 Å². The Morgan fingerprint density at radius 2 is 2.00 bits per heavy atom. The molecular weight excluding hydrogens is 96.2 g/mol. The van der Waals surface area contributed by atoms with Crippen molar-refractivity contribution in [3.8, 4) is 0 Å². The summed E-state index contributed by atoms with van der Waals surface area (Å²) in [4.78, 5) is 0. The maximum absolute atomic E-state index is 5.03. The molecule has 0 aromatic heterocycles. The maximum atomic E-state index is 5.03. The highest BCUT2D eigenvalue weighted by atomic mass is 28.3. The Hall–Kier alpha value is 0.394. The van der Waals surface area contributed by atoms with Crippen LogP contribution in [-0.4, -0.2) is 19.5 Å². The summed E-state index contributed by atoms with van der Waals surface area (Å²) in [6, 6.07) is 0. The Morgan fingerprint density at radius 3 is 2.00 bits per heavy atom. The summed E-state index contributed by atoms with van der Waals surface area (Å²) in [5.41, 5.74) is 0. The Kier molecular flexibility index (Phi) is 2.83. The molecule has 0 unspecified atom stereocenters. The third kappa shape index (κ3) is 4.39. The molecule has 0 aliphatic rings. The highest BCUT2D eigenvalue weighted by Crippen LogP contribution is 1.72.